The molecule has 0 spiro atoms. The SMILES string of the molecule is Cc1c(C(=O)N2CCN(C(=O)Nc3ccccc3C(F)(F)F)C(C)C2)cnn1-c1nc(-c2ccc(Br)cc2)cs1. The van der Waals surface area contributed by atoms with Crippen molar-refractivity contribution < 1.29 is 22.8 Å². The number of thiazole rings is 1. The molecule has 3 heterocycles. The van der Waals surface area contributed by atoms with Gasteiger partial charge >= 0.3 is 12.2 Å². The number of urea groups is 1. The van der Waals surface area contributed by atoms with Gasteiger partial charge in [-0.15, -0.1) is 11.3 Å². The normalized spacial score (nSPS) is 15.8. The number of nitrogens with zero attached hydrogens (tertiary/aromatic N) is 5. The highest BCUT2D eigenvalue weighted by atomic mass is 79.9. The van der Waals surface area contributed by atoms with Crippen molar-refractivity contribution in [1.82, 2.24) is 24.6 Å². The standard InChI is InChI=1S/C27H24BrF3N6O2S/c1-16-14-35(11-12-36(16)25(39)33-22-6-4-3-5-21(22)27(29,30)31)24(38)20-13-32-37(17(20)2)26-34-23(15-40-26)18-7-9-19(28)10-8-18/h3-10,13,15-16H,11-12,14H2,1-2H3,(H,33,39). The molecule has 0 aliphatic carbocycles. The molecule has 3 amide bonds. The third-order valence-electron chi connectivity index (χ3n) is 6.70. The second kappa shape index (κ2) is 11.0. The van der Waals surface area contributed by atoms with Crippen LogP contribution in [-0.4, -0.2) is 62.2 Å². The van der Waals surface area contributed by atoms with Crippen molar-refractivity contribution in [1.29, 1.82) is 0 Å². The van der Waals surface area contributed by atoms with Crippen LogP contribution in [0.2, 0.25) is 0 Å². The summed E-state index contributed by atoms with van der Waals surface area (Å²) in [5, 5.41) is 9.34. The Kier molecular flexibility index (Phi) is 7.69. The molecule has 208 valence electrons. The van der Waals surface area contributed by atoms with Crippen molar-refractivity contribution in [3.63, 3.8) is 0 Å². The van der Waals surface area contributed by atoms with Gasteiger partial charge in [-0.3, -0.25) is 4.79 Å². The lowest BCUT2D eigenvalue weighted by Gasteiger charge is -2.39. The molecule has 2 aromatic carbocycles. The maximum Gasteiger partial charge on any atom is 0.418 e. The molecule has 2 aromatic heterocycles. The van der Waals surface area contributed by atoms with Crippen molar-refractivity contribution >= 4 is 44.9 Å². The van der Waals surface area contributed by atoms with Crippen LogP contribution in [-0.2, 0) is 6.18 Å². The summed E-state index contributed by atoms with van der Waals surface area (Å²) >= 11 is 4.84. The summed E-state index contributed by atoms with van der Waals surface area (Å²) in [6.45, 7) is 4.18. The number of carbonyl (C=O) groups excluding carboxylic acids is 2. The smallest absolute Gasteiger partial charge is 0.335 e. The van der Waals surface area contributed by atoms with E-state index in [4.69, 9.17) is 0 Å². The zero-order valence-electron chi connectivity index (χ0n) is 21.4. The van der Waals surface area contributed by atoms with Crippen molar-refractivity contribution in [3.8, 4) is 16.4 Å². The number of aromatic nitrogens is 3. The summed E-state index contributed by atoms with van der Waals surface area (Å²) in [6.07, 6.45) is -3.09. The highest BCUT2D eigenvalue weighted by Gasteiger charge is 2.35. The lowest BCUT2D eigenvalue weighted by atomic mass is 10.1. The summed E-state index contributed by atoms with van der Waals surface area (Å²) < 4.78 is 42.6. The minimum Gasteiger partial charge on any atom is -0.335 e. The van der Waals surface area contributed by atoms with Gasteiger partial charge in [0.05, 0.1) is 34.4 Å². The van der Waals surface area contributed by atoms with Crippen LogP contribution >= 0.6 is 27.3 Å². The number of piperazine rings is 1. The number of nitrogens with one attached hydrogen (secondary N) is 1. The second-order valence-electron chi connectivity index (χ2n) is 9.34. The first kappa shape index (κ1) is 27.8. The zero-order valence-corrected chi connectivity index (χ0v) is 23.8. The fourth-order valence-electron chi connectivity index (χ4n) is 4.57. The summed E-state index contributed by atoms with van der Waals surface area (Å²) in [5.41, 5.74) is 1.60. The van der Waals surface area contributed by atoms with Crippen molar-refractivity contribution in [2.24, 2.45) is 0 Å². The van der Waals surface area contributed by atoms with E-state index in [0.29, 0.717) is 16.4 Å². The topological polar surface area (TPSA) is 83.4 Å². The Morgan fingerprint density at radius 3 is 2.52 bits per heavy atom. The lowest BCUT2D eigenvalue weighted by Crippen LogP contribution is -2.56. The summed E-state index contributed by atoms with van der Waals surface area (Å²) in [5.74, 6) is -0.234. The Balaban J connectivity index is 1.26. The maximum atomic E-state index is 13.4. The summed E-state index contributed by atoms with van der Waals surface area (Å²) in [4.78, 5) is 34.0. The van der Waals surface area contributed by atoms with E-state index in [1.807, 2.05) is 29.6 Å². The first-order valence-electron chi connectivity index (χ1n) is 12.3. The van der Waals surface area contributed by atoms with Crippen LogP contribution in [0.25, 0.3) is 16.4 Å². The Hall–Kier alpha value is -3.71. The molecule has 8 nitrogen and oxygen atoms in total. The summed E-state index contributed by atoms with van der Waals surface area (Å²) in [7, 11) is 0. The molecular formula is C27H24BrF3N6O2S. The van der Waals surface area contributed by atoms with Crippen molar-refractivity contribution in [2.75, 3.05) is 25.0 Å². The van der Waals surface area contributed by atoms with Gasteiger partial charge in [0.2, 0.25) is 5.13 Å². The third-order valence-corrected chi connectivity index (χ3v) is 8.05. The van der Waals surface area contributed by atoms with Crippen LogP contribution < -0.4 is 5.32 Å². The predicted molar refractivity (Wildman–Crippen MR) is 150 cm³/mol. The molecule has 5 rings (SSSR count). The minimum atomic E-state index is -4.60. The molecule has 0 saturated carbocycles. The number of hydrogen-bond acceptors (Lipinski definition) is 5. The molecule has 1 saturated heterocycles. The molecule has 1 atom stereocenters. The Bertz CT molecular complexity index is 1550. The minimum absolute atomic E-state index is 0.170. The number of hydrogen-bond donors (Lipinski definition) is 1. The molecule has 1 aliphatic heterocycles. The van der Waals surface area contributed by atoms with E-state index < -0.39 is 23.8 Å². The van der Waals surface area contributed by atoms with Crippen LogP contribution in [0, 0.1) is 6.92 Å². The molecule has 1 aliphatic rings. The number of amides is 3. The molecule has 1 unspecified atom stereocenters. The van der Waals surface area contributed by atoms with Gasteiger partial charge in [0, 0.05) is 41.1 Å². The molecule has 13 heteroatoms. The van der Waals surface area contributed by atoms with Gasteiger partial charge in [0.15, 0.2) is 0 Å². The molecule has 1 N–H and O–H groups in total. The number of alkyl halides is 3. The van der Waals surface area contributed by atoms with Crippen LogP contribution in [0.4, 0.5) is 23.7 Å². The van der Waals surface area contributed by atoms with E-state index in [1.165, 1.54) is 40.6 Å². The molecule has 0 radical (unpaired) electrons. The van der Waals surface area contributed by atoms with Crippen LogP contribution in [0.5, 0.6) is 0 Å². The van der Waals surface area contributed by atoms with Crippen molar-refractivity contribution in [2.45, 2.75) is 26.1 Å². The monoisotopic (exact) mass is 632 g/mol. The number of benzene rings is 2. The first-order valence-corrected chi connectivity index (χ1v) is 14.0. The number of anilines is 1. The van der Waals surface area contributed by atoms with Gasteiger partial charge in [-0.2, -0.15) is 18.3 Å². The Labute approximate surface area is 240 Å². The van der Waals surface area contributed by atoms with E-state index in [-0.39, 0.29) is 31.2 Å². The number of halogens is 4. The average molecular weight is 633 g/mol. The van der Waals surface area contributed by atoms with Gasteiger partial charge in [-0.05, 0) is 38.1 Å². The predicted octanol–water partition coefficient (Wildman–Crippen LogP) is 6.46. The van der Waals surface area contributed by atoms with Gasteiger partial charge < -0.3 is 15.1 Å². The highest BCUT2D eigenvalue weighted by molar-refractivity contribution is 9.10. The average Bonchev–Trinajstić information content (AvgIpc) is 3.55. The molecule has 4 aromatic rings. The fourth-order valence-corrected chi connectivity index (χ4v) is 5.67. The van der Waals surface area contributed by atoms with Gasteiger partial charge in [0.25, 0.3) is 5.91 Å². The molecule has 40 heavy (non-hydrogen) atoms. The molecular weight excluding hydrogens is 609 g/mol. The number of para-hydroxylation sites is 1. The van der Waals surface area contributed by atoms with E-state index in [1.54, 1.807) is 23.4 Å². The van der Waals surface area contributed by atoms with E-state index >= 15 is 0 Å². The van der Waals surface area contributed by atoms with E-state index in [2.05, 4.69) is 31.3 Å². The Morgan fingerprint density at radius 1 is 1.10 bits per heavy atom. The van der Waals surface area contributed by atoms with E-state index in [0.717, 1.165) is 21.8 Å². The maximum absolute atomic E-state index is 13.4. The van der Waals surface area contributed by atoms with Crippen LogP contribution in [0.1, 0.15) is 28.5 Å². The van der Waals surface area contributed by atoms with Gasteiger partial charge in [-0.1, -0.05) is 40.2 Å². The Morgan fingerprint density at radius 2 is 1.82 bits per heavy atom. The van der Waals surface area contributed by atoms with Crippen molar-refractivity contribution in [3.05, 3.63) is 81.4 Å². The van der Waals surface area contributed by atoms with E-state index in [9.17, 15) is 22.8 Å². The number of rotatable bonds is 4. The van der Waals surface area contributed by atoms with Crippen LogP contribution in [0.3, 0.4) is 0 Å². The first-order chi connectivity index (χ1) is 19.0. The number of carbonyl (C=O) groups is 2. The fraction of sp³-hybridized carbons (Fsp3) is 0.259. The summed E-state index contributed by atoms with van der Waals surface area (Å²) in [6, 6.07) is 11.6. The van der Waals surface area contributed by atoms with Crippen LogP contribution in [0.15, 0.2) is 64.6 Å². The quantitative estimate of drug-likeness (QED) is 0.280. The van der Waals surface area contributed by atoms with Gasteiger partial charge in [-0.25, -0.2) is 14.5 Å². The zero-order chi connectivity index (χ0) is 28.6. The second-order valence-corrected chi connectivity index (χ2v) is 11.1. The third kappa shape index (κ3) is 5.61. The largest absolute Gasteiger partial charge is 0.418 e. The lowest BCUT2D eigenvalue weighted by molar-refractivity contribution is -0.136. The molecule has 0 bridgehead atoms. The highest BCUT2D eigenvalue weighted by Crippen LogP contribution is 2.35. The molecule has 1 fully saturated rings. The van der Waals surface area contributed by atoms with Gasteiger partial charge in [0.1, 0.15) is 0 Å².